The normalized spacial score (nSPS) is 11.4. The molecule has 2 heterocycles. The summed E-state index contributed by atoms with van der Waals surface area (Å²) in [7, 11) is 0. The fraction of sp³-hybridized carbons (Fsp3) is 0.130. The van der Waals surface area contributed by atoms with E-state index in [9.17, 15) is 27.6 Å². The maximum absolute atomic E-state index is 12.9. The lowest BCUT2D eigenvalue weighted by atomic mass is 10.1. The van der Waals surface area contributed by atoms with Gasteiger partial charge in [-0.3, -0.25) is 25.2 Å². The SMILES string of the molecule is CCn1nc(C(=O)NNC(=O)c2ccc(-c3cccc(C(F)(F)F)c3)o2)c2ccccc2c1=O. The van der Waals surface area contributed by atoms with Crippen molar-refractivity contribution in [3.05, 3.63) is 88.0 Å². The summed E-state index contributed by atoms with van der Waals surface area (Å²) >= 11 is 0. The van der Waals surface area contributed by atoms with E-state index >= 15 is 0 Å². The van der Waals surface area contributed by atoms with Gasteiger partial charge in [0.05, 0.1) is 10.9 Å². The monoisotopic (exact) mass is 470 g/mol. The Bertz CT molecular complexity index is 1460. The van der Waals surface area contributed by atoms with Crippen LogP contribution in [0, 0.1) is 0 Å². The average molecular weight is 470 g/mol. The van der Waals surface area contributed by atoms with Gasteiger partial charge in [-0.2, -0.15) is 18.3 Å². The van der Waals surface area contributed by atoms with E-state index in [0.29, 0.717) is 10.8 Å². The standard InChI is InChI=1S/C23H17F3N4O4/c1-2-30-22(33)16-9-4-3-8-15(16)19(29-30)21(32)28-27-20(31)18-11-10-17(34-18)13-6-5-7-14(12-13)23(24,25)26/h3-12H,2H2,1H3,(H,27,31)(H,28,32). The number of fused-ring (bicyclic) bond motifs is 1. The molecule has 174 valence electrons. The smallest absolute Gasteiger partial charge is 0.416 e. The first-order valence-electron chi connectivity index (χ1n) is 10.1. The minimum absolute atomic E-state index is 0.0465. The van der Waals surface area contributed by atoms with Crippen LogP contribution < -0.4 is 16.4 Å². The van der Waals surface area contributed by atoms with Gasteiger partial charge in [0, 0.05) is 17.5 Å². The van der Waals surface area contributed by atoms with Crippen LogP contribution in [0.2, 0.25) is 0 Å². The molecule has 0 unspecified atom stereocenters. The Balaban J connectivity index is 1.52. The van der Waals surface area contributed by atoms with Gasteiger partial charge in [-0.25, -0.2) is 4.68 Å². The molecule has 0 fully saturated rings. The Morgan fingerprint density at radius 3 is 2.38 bits per heavy atom. The lowest BCUT2D eigenvalue weighted by Gasteiger charge is -2.10. The van der Waals surface area contributed by atoms with Crippen LogP contribution in [-0.2, 0) is 12.7 Å². The number of hydrogen-bond donors (Lipinski definition) is 2. The quantitative estimate of drug-likeness (QED) is 0.442. The van der Waals surface area contributed by atoms with E-state index in [4.69, 9.17) is 4.42 Å². The Morgan fingerprint density at radius 1 is 0.971 bits per heavy atom. The zero-order chi connectivity index (χ0) is 24.5. The largest absolute Gasteiger partial charge is 0.451 e. The van der Waals surface area contributed by atoms with E-state index in [1.165, 1.54) is 24.3 Å². The van der Waals surface area contributed by atoms with Crippen molar-refractivity contribution in [2.24, 2.45) is 0 Å². The number of hydrazine groups is 1. The molecule has 0 atom stereocenters. The number of furan rings is 1. The molecule has 2 amide bonds. The maximum Gasteiger partial charge on any atom is 0.416 e. The summed E-state index contributed by atoms with van der Waals surface area (Å²) in [4.78, 5) is 37.5. The Labute approximate surface area is 190 Å². The number of benzene rings is 2. The third kappa shape index (κ3) is 4.40. The summed E-state index contributed by atoms with van der Waals surface area (Å²) in [6.45, 7) is 1.94. The molecule has 0 saturated carbocycles. The molecule has 0 radical (unpaired) electrons. The molecular formula is C23H17F3N4O4. The maximum atomic E-state index is 12.9. The highest BCUT2D eigenvalue weighted by Crippen LogP contribution is 2.32. The number of nitrogens with one attached hydrogen (secondary N) is 2. The van der Waals surface area contributed by atoms with Gasteiger partial charge in [0.1, 0.15) is 5.76 Å². The van der Waals surface area contributed by atoms with Crippen molar-refractivity contribution >= 4 is 22.6 Å². The van der Waals surface area contributed by atoms with Crippen LogP contribution in [-0.4, -0.2) is 21.6 Å². The van der Waals surface area contributed by atoms with Crippen molar-refractivity contribution < 1.29 is 27.2 Å². The second-order valence-corrected chi connectivity index (χ2v) is 7.17. The first-order chi connectivity index (χ1) is 16.2. The highest BCUT2D eigenvalue weighted by atomic mass is 19.4. The Kier molecular flexibility index (Phi) is 5.93. The van der Waals surface area contributed by atoms with Crippen LogP contribution >= 0.6 is 0 Å². The van der Waals surface area contributed by atoms with Gasteiger partial charge in [0.15, 0.2) is 11.5 Å². The van der Waals surface area contributed by atoms with E-state index in [1.807, 2.05) is 0 Å². The highest BCUT2D eigenvalue weighted by molar-refractivity contribution is 6.05. The molecule has 0 bridgehead atoms. The minimum atomic E-state index is -4.52. The van der Waals surface area contributed by atoms with Gasteiger partial charge in [0.2, 0.25) is 0 Å². The number of carbonyl (C=O) groups excluding carboxylic acids is 2. The molecule has 34 heavy (non-hydrogen) atoms. The van der Waals surface area contributed by atoms with Crippen molar-refractivity contribution in [2.45, 2.75) is 19.6 Å². The molecule has 2 N–H and O–H groups in total. The third-order valence-electron chi connectivity index (χ3n) is 4.98. The number of carbonyl (C=O) groups is 2. The predicted molar refractivity (Wildman–Crippen MR) is 116 cm³/mol. The van der Waals surface area contributed by atoms with E-state index in [2.05, 4.69) is 16.0 Å². The molecule has 2 aromatic heterocycles. The molecule has 2 aromatic carbocycles. The summed E-state index contributed by atoms with van der Waals surface area (Å²) in [6, 6.07) is 13.5. The summed E-state index contributed by atoms with van der Waals surface area (Å²) in [5.41, 5.74) is 3.25. The van der Waals surface area contributed by atoms with Gasteiger partial charge < -0.3 is 4.42 Å². The van der Waals surface area contributed by atoms with Crippen molar-refractivity contribution in [3.63, 3.8) is 0 Å². The minimum Gasteiger partial charge on any atom is -0.451 e. The Hall–Kier alpha value is -4.41. The van der Waals surface area contributed by atoms with Crippen molar-refractivity contribution in [2.75, 3.05) is 0 Å². The van der Waals surface area contributed by atoms with Gasteiger partial charge >= 0.3 is 12.1 Å². The molecule has 0 aliphatic rings. The fourth-order valence-electron chi connectivity index (χ4n) is 3.32. The number of aryl methyl sites for hydroxylation is 1. The molecular weight excluding hydrogens is 453 g/mol. The van der Waals surface area contributed by atoms with Crippen LogP contribution in [0.15, 0.2) is 69.9 Å². The second kappa shape index (κ2) is 8.85. The lowest BCUT2D eigenvalue weighted by molar-refractivity contribution is -0.137. The topological polar surface area (TPSA) is 106 Å². The van der Waals surface area contributed by atoms with E-state index in [1.54, 1.807) is 31.2 Å². The summed E-state index contributed by atoms with van der Waals surface area (Å²) in [6.07, 6.45) is -4.52. The number of amides is 2. The molecule has 0 saturated heterocycles. The van der Waals surface area contributed by atoms with Crippen LogP contribution in [0.1, 0.15) is 33.5 Å². The van der Waals surface area contributed by atoms with Gasteiger partial charge in [-0.15, -0.1) is 0 Å². The fourth-order valence-corrected chi connectivity index (χ4v) is 3.32. The van der Waals surface area contributed by atoms with Crippen molar-refractivity contribution in [3.8, 4) is 11.3 Å². The predicted octanol–water partition coefficient (Wildman–Crippen LogP) is 3.77. The first-order valence-corrected chi connectivity index (χ1v) is 10.1. The molecule has 8 nitrogen and oxygen atoms in total. The molecule has 4 rings (SSSR count). The van der Waals surface area contributed by atoms with Crippen LogP contribution in [0.3, 0.4) is 0 Å². The first kappa shape index (κ1) is 22.8. The summed E-state index contributed by atoms with van der Waals surface area (Å²) in [5.74, 6) is -1.79. The van der Waals surface area contributed by atoms with E-state index in [-0.39, 0.29) is 34.9 Å². The highest BCUT2D eigenvalue weighted by Gasteiger charge is 2.30. The number of hydrogen-bond acceptors (Lipinski definition) is 5. The third-order valence-corrected chi connectivity index (χ3v) is 4.98. The molecule has 11 heteroatoms. The molecule has 4 aromatic rings. The summed E-state index contributed by atoms with van der Waals surface area (Å²) < 4.78 is 45.3. The second-order valence-electron chi connectivity index (χ2n) is 7.17. The van der Waals surface area contributed by atoms with Gasteiger partial charge in [0.25, 0.3) is 11.5 Å². The lowest BCUT2D eigenvalue weighted by Crippen LogP contribution is -2.42. The van der Waals surface area contributed by atoms with Crippen LogP contribution in [0.25, 0.3) is 22.1 Å². The van der Waals surface area contributed by atoms with Gasteiger partial charge in [-0.1, -0.05) is 30.3 Å². The molecule has 0 aliphatic heterocycles. The summed E-state index contributed by atoms with van der Waals surface area (Å²) in [5, 5.41) is 4.68. The number of aromatic nitrogens is 2. The zero-order valence-electron chi connectivity index (χ0n) is 17.6. The number of alkyl halides is 3. The Morgan fingerprint density at radius 2 is 1.68 bits per heavy atom. The number of nitrogens with zero attached hydrogens (tertiary/aromatic N) is 2. The van der Waals surface area contributed by atoms with E-state index < -0.39 is 23.6 Å². The number of rotatable bonds is 4. The van der Waals surface area contributed by atoms with Crippen LogP contribution in [0.4, 0.5) is 13.2 Å². The van der Waals surface area contributed by atoms with Gasteiger partial charge in [-0.05, 0) is 37.3 Å². The zero-order valence-corrected chi connectivity index (χ0v) is 17.6. The van der Waals surface area contributed by atoms with E-state index in [0.717, 1.165) is 16.8 Å². The van der Waals surface area contributed by atoms with Crippen molar-refractivity contribution in [1.29, 1.82) is 0 Å². The number of halogens is 3. The average Bonchev–Trinajstić information content (AvgIpc) is 3.33. The molecule has 0 spiro atoms. The van der Waals surface area contributed by atoms with Crippen molar-refractivity contribution in [1.82, 2.24) is 20.6 Å². The molecule has 0 aliphatic carbocycles. The van der Waals surface area contributed by atoms with Crippen LogP contribution in [0.5, 0.6) is 0 Å².